The van der Waals surface area contributed by atoms with Gasteiger partial charge in [0.05, 0.1) is 14.2 Å². The summed E-state index contributed by atoms with van der Waals surface area (Å²) in [4.78, 5) is 31.1. The van der Waals surface area contributed by atoms with E-state index in [2.05, 4.69) is 28.4 Å². The minimum atomic E-state index is -0.613. The molecule has 0 aromatic heterocycles. The number of hydrogen-bond acceptors (Lipinski definition) is 6. The van der Waals surface area contributed by atoms with Gasteiger partial charge < -0.3 is 25.4 Å². The van der Waals surface area contributed by atoms with Gasteiger partial charge in [0.1, 0.15) is 17.5 Å². The van der Waals surface area contributed by atoms with Crippen molar-refractivity contribution in [1.82, 2.24) is 15.1 Å². The lowest BCUT2D eigenvalue weighted by Gasteiger charge is -2.43. The van der Waals surface area contributed by atoms with Crippen LogP contribution in [0.5, 0.6) is 11.5 Å². The molecule has 3 N–H and O–H groups in total. The monoisotopic (exact) mass is 530 g/mol. The molecule has 0 spiro atoms. The van der Waals surface area contributed by atoms with Crippen molar-refractivity contribution in [2.45, 2.75) is 38.0 Å². The normalized spacial score (nSPS) is 17.1. The van der Waals surface area contributed by atoms with Crippen LogP contribution in [0.4, 0.5) is 0 Å². The Morgan fingerprint density at radius 3 is 2.31 bits per heavy atom. The Hall–Kier alpha value is -3.88. The zero-order valence-corrected chi connectivity index (χ0v) is 22.7. The van der Waals surface area contributed by atoms with Gasteiger partial charge in [-0.2, -0.15) is 0 Å². The summed E-state index contributed by atoms with van der Waals surface area (Å²) in [7, 11) is 3.24. The number of benzene rings is 3. The van der Waals surface area contributed by atoms with Gasteiger partial charge in [0, 0.05) is 44.3 Å². The minimum Gasteiger partial charge on any atom is -0.497 e. The van der Waals surface area contributed by atoms with Gasteiger partial charge in [0.25, 0.3) is 5.91 Å². The van der Waals surface area contributed by atoms with Gasteiger partial charge in [0.15, 0.2) is 0 Å². The van der Waals surface area contributed by atoms with Crippen LogP contribution in [0.1, 0.15) is 34.3 Å². The molecule has 1 unspecified atom stereocenters. The van der Waals surface area contributed by atoms with E-state index < -0.39 is 6.04 Å². The predicted molar refractivity (Wildman–Crippen MR) is 152 cm³/mol. The van der Waals surface area contributed by atoms with Gasteiger partial charge in [-0.15, -0.1) is 0 Å². The van der Waals surface area contributed by atoms with E-state index in [-0.39, 0.29) is 17.9 Å². The molecular weight excluding hydrogens is 492 g/mol. The number of hydrogen-bond donors (Lipinski definition) is 2. The van der Waals surface area contributed by atoms with Crippen molar-refractivity contribution in [2.24, 2.45) is 5.73 Å². The molecule has 0 radical (unpaired) electrons. The fourth-order valence-corrected chi connectivity index (χ4v) is 5.14. The van der Waals surface area contributed by atoms with Gasteiger partial charge in [-0.1, -0.05) is 48.5 Å². The lowest BCUT2D eigenvalue weighted by molar-refractivity contribution is -0.127. The van der Waals surface area contributed by atoms with Crippen molar-refractivity contribution >= 4 is 11.8 Å². The molecule has 0 bridgehead atoms. The summed E-state index contributed by atoms with van der Waals surface area (Å²) in [5, 5.41) is 2.92. The third-order valence-electron chi connectivity index (χ3n) is 7.16. The maximum absolute atomic E-state index is 13.6. The molecule has 8 nitrogen and oxygen atoms in total. The van der Waals surface area contributed by atoms with E-state index in [1.54, 1.807) is 43.4 Å². The van der Waals surface area contributed by atoms with Crippen molar-refractivity contribution in [3.05, 3.63) is 95.6 Å². The third-order valence-corrected chi connectivity index (χ3v) is 7.16. The van der Waals surface area contributed by atoms with Crippen LogP contribution in [0.3, 0.4) is 0 Å². The Kier molecular flexibility index (Phi) is 9.94. The number of amides is 2. The fourth-order valence-electron chi connectivity index (χ4n) is 5.14. The van der Waals surface area contributed by atoms with Gasteiger partial charge in [-0.25, -0.2) is 0 Å². The lowest BCUT2D eigenvalue weighted by atomic mass is 9.93. The number of nitrogens with zero attached hydrogens (tertiary/aromatic N) is 2. The lowest BCUT2D eigenvalue weighted by Crippen LogP contribution is -2.57. The van der Waals surface area contributed by atoms with Crippen molar-refractivity contribution in [1.29, 1.82) is 0 Å². The molecule has 4 rings (SSSR count). The number of likely N-dealkylation sites (tertiary alicyclic amines) is 1. The zero-order chi connectivity index (χ0) is 27.6. The van der Waals surface area contributed by atoms with E-state index >= 15 is 0 Å². The van der Waals surface area contributed by atoms with Crippen molar-refractivity contribution in [2.75, 3.05) is 33.9 Å². The highest BCUT2D eigenvalue weighted by atomic mass is 16.5. The van der Waals surface area contributed by atoms with Gasteiger partial charge in [-0.3, -0.25) is 14.5 Å². The molecule has 1 aliphatic rings. The summed E-state index contributed by atoms with van der Waals surface area (Å²) in [5.41, 5.74) is 8.49. The Balaban J connectivity index is 1.61. The molecule has 0 saturated carbocycles. The molecule has 3 aromatic rings. The van der Waals surface area contributed by atoms with Crippen LogP contribution in [0.15, 0.2) is 78.9 Å². The average Bonchev–Trinajstić information content (AvgIpc) is 2.99. The topological polar surface area (TPSA) is 97.1 Å². The highest BCUT2D eigenvalue weighted by Gasteiger charge is 2.38. The van der Waals surface area contributed by atoms with Crippen molar-refractivity contribution < 1.29 is 19.1 Å². The van der Waals surface area contributed by atoms with Gasteiger partial charge >= 0.3 is 0 Å². The molecule has 1 saturated heterocycles. The summed E-state index contributed by atoms with van der Waals surface area (Å²) < 4.78 is 10.8. The Labute approximate surface area is 230 Å². The Bertz CT molecular complexity index is 1240. The number of piperidine rings is 1. The van der Waals surface area contributed by atoms with Crippen LogP contribution >= 0.6 is 0 Å². The largest absolute Gasteiger partial charge is 0.497 e. The number of carbonyl (C=O) groups is 2. The van der Waals surface area contributed by atoms with E-state index in [0.29, 0.717) is 43.9 Å². The van der Waals surface area contributed by atoms with Crippen molar-refractivity contribution in [3.63, 3.8) is 0 Å². The summed E-state index contributed by atoms with van der Waals surface area (Å²) in [6.45, 7) is 2.58. The van der Waals surface area contributed by atoms with Crippen LogP contribution in [-0.2, 0) is 17.9 Å². The van der Waals surface area contributed by atoms with Crippen LogP contribution in [0.2, 0.25) is 0 Å². The molecular formula is C31H38N4O4. The third kappa shape index (κ3) is 7.37. The van der Waals surface area contributed by atoms with Crippen LogP contribution in [0.25, 0.3) is 0 Å². The number of ether oxygens (including phenoxy) is 2. The van der Waals surface area contributed by atoms with Crippen molar-refractivity contribution in [3.8, 4) is 11.5 Å². The van der Waals surface area contributed by atoms with E-state index in [1.807, 2.05) is 36.4 Å². The number of methoxy groups -OCH3 is 2. The molecule has 206 valence electrons. The number of carbonyl (C=O) groups excluding carboxylic acids is 2. The maximum atomic E-state index is 13.6. The summed E-state index contributed by atoms with van der Waals surface area (Å²) in [6, 6.07) is 24.9. The highest BCUT2D eigenvalue weighted by molar-refractivity contribution is 5.98. The molecule has 1 fully saturated rings. The van der Waals surface area contributed by atoms with Crippen LogP contribution in [-0.4, -0.2) is 67.6 Å². The molecule has 0 aliphatic carbocycles. The minimum absolute atomic E-state index is 0.0828. The summed E-state index contributed by atoms with van der Waals surface area (Å²) >= 11 is 0. The number of nitrogens with one attached hydrogen (secondary N) is 1. The average molecular weight is 531 g/mol. The second kappa shape index (κ2) is 13.8. The molecule has 2 amide bonds. The zero-order valence-electron chi connectivity index (χ0n) is 22.7. The second-order valence-electron chi connectivity index (χ2n) is 9.75. The second-order valence-corrected chi connectivity index (χ2v) is 9.75. The number of rotatable bonds is 11. The van der Waals surface area contributed by atoms with E-state index in [0.717, 1.165) is 24.3 Å². The Morgan fingerprint density at radius 1 is 0.923 bits per heavy atom. The molecule has 2 atom stereocenters. The molecule has 1 heterocycles. The molecule has 3 aromatic carbocycles. The first kappa shape index (κ1) is 28.1. The standard InChI is InChI=1S/C31H38N4O4/c1-38-27-12-6-10-24(18-27)22-34(21-23-8-4-3-5-9-23)26-14-17-35(29(20-26)30(36)33-16-15-32)31(37)25-11-7-13-28(19-25)39-2/h3-13,18-19,26,29H,14-17,20-22,32H2,1-2H3,(H,33,36)/t26?,29-/m1/s1. The van der Waals surface area contributed by atoms with E-state index in [4.69, 9.17) is 15.2 Å². The van der Waals surface area contributed by atoms with Crippen LogP contribution < -0.4 is 20.5 Å². The van der Waals surface area contributed by atoms with Crippen LogP contribution in [0, 0.1) is 0 Å². The van der Waals surface area contributed by atoms with Gasteiger partial charge in [0.2, 0.25) is 5.91 Å². The summed E-state index contributed by atoms with van der Waals surface area (Å²) in [6.07, 6.45) is 1.26. The predicted octanol–water partition coefficient (Wildman–Crippen LogP) is 3.45. The van der Waals surface area contributed by atoms with E-state index in [1.165, 1.54) is 5.56 Å². The maximum Gasteiger partial charge on any atom is 0.254 e. The first-order valence-corrected chi connectivity index (χ1v) is 13.4. The molecule has 39 heavy (non-hydrogen) atoms. The fraction of sp³-hybridized carbons (Fsp3) is 0.355. The first-order valence-electron chi connectivity index (χ1n) is 13.4. The molecule has 1 aliphatic heterocycles. The first-order chi connectivity index (χ1) is 19.0. The smallest absolute Gasteiger partial charge is 0.254 e. The highest BCUT2D eigenvalue weighted by Crippen LogP contribution is 2.28. The van der Waals surface area contributed by atoms with Gasteiger partial charge in [-0.05, 0) is 54.3 Å². The Morgan fingerprint density at radius 2 is 1.59 bits per heavy atom. The SMILES string of the molecule is COc1cccc(CN(Cc2ccccc2)C2CCN(C(=O)c3cccc(OC)c3)[C@@H](C(=O)NCCN)C2)c1. The number of nitrogens with two attached hydrogens (primary N) is 1. The summed E-state index contributed by atoms with van der Waals surface area (Å²) in [5.74, 6) is 1.06. The van der Waals surface area contributed by atoms with E-state index in [9.17, 15) is 9.59 Å². The molecule has 8 heteroatoms. The quantitative estimate of drug-likeness (QED) is 0.394.